The van der Waals surface area contributed by atoms with Crippen LogP contribution in [0.5, 0.6) is 0 Å². The van der Waals surface area contributed by atoms with Gasteiger partial charge in [0.1, 0.15) is 6.07 Å². The number of nitriles is 1. The maximum atomic E-state index is 11.1. The number of nitrogens with two attached hydrogens (primary N) is 1. The topological polar surface area (TPSA) is 108 Å². The van der Waals surface area contributed by atoms with Crippen molar-refractivity contribution >= 4 is 28.2 Å². The Hall–Kier alpha value is -3.20. The Morgan fingerprint density at radius 1 is 1.25 bits per heavy atom. The van der Waals surface area contributed by atoms with E-state index in [9.17, 15) is 4.79 Å². The minimum absolute atomic E-state index is 0.395. The van der Waals surface area contributed by atoms with E-state index in [0.29, 0.717) is 33.7 Å². The molecule has 6 heteroatoms. The molecule has 0 aliphatic rings. The number of rotatable bonds is 2. The number of benzene rings is 2. The normalized spacial score (nSPS) is 10.3. The van der Waals surface area contributed by atoms with Crippen molar-refractivity contribution in [3.63, 3.8) is 0 Å². The second-order valence-corrected chi connectivity index (χ2v) is 4.23. The highest BCUT2D eigenvalue weighted by molar-refractivity contribution is 5.87. The van der Waals surface area contributed by atoms with Crippen molar-refractivity contribution in [1.29, 1.82) is 5.26 Å². The van der Waals surface area contributed by atoms with Crippen LogP contribution in [-0.2, 0) is 0 Å². The average molecular weight is 266 g/mol. The Balaban J connectivity index is 2.08. The summed E-state index contributed by atoms with van der Waals surface area (Å²) in [4.78, 5) is 13.7. The lowest BCUT2D eigenvalue weighted by Gasteiger charge is -2.10. The van der Waals surface area contributed by atoms with Crippen molar-refractivity contribution in [3.05, 3.63) is 52.5 Å². The summed E-state index contributed by atoms with van der Waals surface area (Å²) in [6.45, 7) is 0. The first-order valence-corrected chi connectivity index (χ1v) is 5.86. The van der Waals surface area contributed by atoms with Crippen LogP contribution in [0.25, 0.3) is 11.1 Å². The van der Waals surface area contributed by atoms with Crippen LogP contribution < -0.4 is 16.8 Å². The highest BCUT2D eigenvalue weighted by Gasteiger charge is 2.08. The highest BCUT2D eigenvalue weighted by atomic mass is 16.4. The summed E-state index contributed by atoms with van der Waals surface area (Å²) in [7, 11) is 0. The van der Waals surface area contributed by atoms with Crippen molar-refractivity contribution < 1.29 is 4.42 Å². The summed E-state index contributed by atoms with van der Waals surface area (Å²) >= 11 is 0. The minimum Gasteiger partial charge on any atom is -0.408 e. The highest BCUT2D eigenvalue weighted by Crippen LogP contribution is 2.28. The van der Waals surface area contributed by atoms with Gasteiger partial charge in [0.25, 0.3) is 0 Å². The molecule has 0 aliphatic carbocycles. The molecule has 2 aromatic carbocycles. The predicted molar refractivity (Wildman–Crippen MR) is 75.7 cm³/mol. The molecule has 0 amide bonds. The largest absolute Gasteiger partial charge is 0.417 e. The predicted octanol–water partition coefficient (Wildman–Crippen LogP) is 2.32. The van der Waals surface area contributed by atoms with E-state index in [2.05, 4.69) is 16.4 Å². The van der Waals surface area contributed by atoms with Crippen LogP contribution in [0.1, 0.15) is 5.56 Å². The fourth-order valence-electron chi connectivity index (χ4n) is 1.96. The maximum Gasteiger partial charge on any atom is 0.417 e. The van der Waals surface area contributed by atoms with E-state index in [4.69, 9.17) is 15.4 Å². The van der Waals surface area contributed by atoms with Crippen molar-refractivity contribution in [2.75, 3.05) is 11.1 Å². The lowest BCUT2D eigenvalue weighted by atomic mass is 10.1. The van der Waals surface area contributed by atoms with Crippen LogP contribution >= 0.6 is 0 Å². The van der Waals surface area contributed by atoms with Gasteiger partial charge in [-0.1, -0.05) is 12.1 Å². The van der Waals surface area contributed by atoms with Crippen molar-refractivity contribution in [2.24, 2.45) is 0 Å². The Morgan fingerprint density at radius 2 is 2.05 bits per heavy atom. The monoisotopic (exact) mass is 266 g/mol. The summed E-state index contributed by atoms with van der Waals surface area (Å²) < 4.78 is 4.93. The standard InChI is InChI=1S/C14H10N4O2/c15-7-8-3-1-2-4-10(8)17-11-6-12-13(5-9(11)16)20-14(19)18-12/h1-6,17H,16H2,(H,18,19). The quantitative estimate of drug-likeness (QED) is 0.617. The number of H-pyrrole nitrogens is 1. The van der Waals surface area contributed by atoms with E-state index in [1.807, 2.05) is 6.07 Å². The number of para-hydroxylation sites is 1. The van der Waals surface area contributed by atoms with Crippen LogP contribution in [0.4, 0.5) is 17.1 Å². The number of hydrogen-bond acceptors (Lipinski definition) is 5. The lowest BCUT2D eigenvalue weighted by Crippen LogP contribution is -1.98. The van der Waals surface area contributed by atoms with Gasteiger partial charge in [-0.2, -0.15) is 5.26 Å². The van der Waals surface area contributed by atoms with Gasteiger partial charge in [0, 0.05) is 6.07 Å². The molecule has 1 heterocycles. The van der Waals surface area contributed by atoms with E-state index in [1.165, 1.54) is 0 Å². The van der Waals surface area contributed by atoms with Gasteiger partial charge in [0.15, 0.2) is 5.58 Å². The van der Waals surface area contributed by atoms with Crippen LogP contribution in [0.2, 0.25) is 0 Å². The number of aromatic nitrogens is 1. The summed E-state index contributed by atoms with van der Waals surface area (Å²) in [6, 6.07) is 12.4. The molecule has 3 aromatic rings. The Kier molecular flexibility index (Phi) is 2.66. The number of hydrogen-bond donors (Lipinski definition) is 3. The maximum absolute atomic E-state index is 11.1. The SMILES string of the molecule is N#Cc1ccccc1Nc1cc2[nH]c(=O)oc2cc1N. The van der Waals surface area contributed by atoms with Crippen LogP contribution in [0.15, 0.2) is 45.6 Å². The molecule has 1 aromatic heterocycles. The third kappa shape index (κ3) is 1.97. The molecule has 0 unspecified atom stereocenters. The Morgan fingerprint density at radius 3 is 2.85 bits per heavy atom. The fourth-order valence-corrected chi connectivity index (χ4v) is 1.96. The summed E-state index contributed by atoms with van der Waals surface area (Å²) in [5.41, 5.74) is 9.02. The van der Waals surface area contributed by atoms with Crippen LogP contribution in [0.3, 0.4) is 0 Å². The Labute approximate surface area is 113 Å². The Bertz CT molecular complexity index is 886. The third-order valence-electron chi connectivity index (χ3n) is 2.91. The number of nitrogens with one attached hydrogen (secondary N) is 2. The summed E-state index contributed by atoms with van der Waals surface area (Å²) in [6.07, 6.45) is 0. The molecule has 20 heavy (non-hydrogen) atoms. The summed E-state index contributed by atoms with van der Waals surface area (Å²) in [5.74, 6) is -0.533. The molecule has 98 valence electrons. The fraction of sp³-hybridized carbons (Fsp3) is 0. The van der Waals surface area contributed by atoms with Crippen molar-refractivity contribution in [1.82, 2.24) is 4.98 Å². The number of fused-ring (bicyclic) bond motifs is 1. The number of anilines is 3. The van der Waals surface area contributed by atoms with Gasteiger partial charge in [0.05, 0.1) is 28.1 Å². The molecule has 0 atom stereocenters. The molecule has 0 aliphatic heterocycles. The zero-order valence-corrected chi connectivity index (χ0v) is 10.3. The molecular weight excluding hydrogens is 256 g/mol. The molecule has 0 bridgehead atoms. The zero-order chi connectivity index (χ0) is 14.1. The van der Waals surface area contributed by atoms with Crippen LogP contribution in [-0.4, -0.2) is 4.98 Å². The van der Waals surface area contributed by atoms with E-state index in [1.54, 1.807) is 30.3 Å². The van der Waals surface area contributed by atoms with Crippen LogP contribution in [0, 0.1) is 11.3 Å². The smallest absolute Gasteiger partial charge is 0.408 e. The summed E-state index contributed by atoms with van der Waals surface area (Å²) in [5, 5.41) is 12.1. The molecular formula is C14H10N4O2. The molecule has 6 nitrogen and oxygen atoms in total. The molecule has 0 fully saturated rings. The molecule has 0 radical (unpaired) electrons. The second-order valence-electron chi connectivity index (χ2n) is 4.23. The van der Waals surface area contributed by atoms with Gasteiger partial charge in [-0.05, 0) is 18.2 Å². The molecule has 0 spiro atoms. The molecule has 4 N–H and O–H groups in total. The van der Waals surface area contributed by atoms with Gasteiger partial charge < -0.3 is 15.5 Å². The number of nitrogens with zero attached hydrogens (tertiary/aromatic N) is 1. The zero-order valence-electron chi connectivity index (χ0n) is 10.3. The van der Waals surface area contributed by atoms with E-state index in [-0.39, 0.29) is 0 Å². The molecule has 3 rings (SSSR count). The van der Waals surface area contributed by atoms with Gasteiger partial charge >= 0.3 is 5.76 Å². The van der Waals surface area contributed by atoms with E-state index in [0.717, 1.165) is 0 Å². The molecule has 0 saturated heterocycles. The number of oxazole rings is 1. The van der Waals surface area contributed by atoms with Gasteiger partial charge in [-0.25, -0.2) is 4.79 Å². The van der Waals surface area contributed by atoms with E-state index < -0.39 is 5.76 Å². The van der Waals surface area contributed by atoms with Crippen molar-refractivity contribution in [2.45, 2.75) is 0 Å². The van der Waals surface area contributed by atoms with Crippen molar-refractivity contribution in [3.8, 4) is 6.07 Å². The second kappa shape index (κ2) is 4.48. The number of nitrogen functional groups attached to an aromatic ring is 1. The van der Waals surface area contributed by atoms with Gasteiger partial charge in [-0.15, -0.1) is 0 Å². The minimum atomic E-state index is -0.533. The average Bonchev–Trinajstić information content (AvgIpc) is 2.79. The lowest BCUT2D eigenvalue weighted by molar-refractivity contribution is 0.555. The first-order valence-electron chi connectivity index (χ1n) is 5.86. The van der Waals surface area contributed by atoms with Gasteiger partial charge in [-0.3, -0.25) is 4.98 Å². The first kappa shape index (κ1) is 11.9. The van der Waals surface area contributed by atoms with E-state index >= 15 is 0 Å². The van der Waals surface area contributed by atoms with Gasteiger partial charge in [0.2, 0.25) is 0 Å². The number of aromatic amines is 1. The first-order chi connectivity index (χ1) is 9.67. The molecule has 0 saturated carbocycles. The third-order valence-corrected chi connectivity index (χ3v) is 2.91.